The summed E-state index contributed by atoms with van der Waals surface area (Å²) < 4.78 is 45.9. The number of hydrogen-bond acceptors (Lipinski definition) is 4. The molecule has 1 aromatic carbocycles. The van der Waals surface area contributed by atoms with Crippen LogP contribution in [0.1, 0.15) is 13.3 Å². The number of likely N-dealkylation sites (N-methyl/N-ethyl adjacent to an activating group) is 1. The maximum atomic E-state index is 13.8. The molecule has 2 heterocycles. The topological polar surface area (TPSA) is 49.9 Å². The number of nitrogens with zero attached hydrogens (tertiary/aromatic N) is 2. The predicted octanol–water partition coefficient (Wildman–Crippen LogP) is 1.56. The minimum atomic E-state index is -3.75. The molecule has 2 aliphatic rings. The van der Waals surface area contributed by atoms with Gasteiger partial charge in [0.25, 0.3) is 0 Å². The zero-order chi connectivity index (χ0) is 16.7. The van der Waals surface area contributed by atoms with Crippen LogP contribution in [0.15, 0.2) is 29.2 Å². The fourth-order valence-corrected chi connectivity index (χ4v) is 5.34. The van der Waals surface area contributed by atoms with Gasteiger partial charge in [0.15, 0.2) is 0 Å². The molecule has 3 rings (SSSR count). The quantitative estimate of drug-likeness (QED) is 0.815. The number of hydrogen-bond donors (Lipinski definition) is 0. The number of halogens is 1. The second-order valence-corrected chi connectivity index (χ2v) is 8.44. The van der Waals surface area contributed by atoms with Crippen LogP contribution in [0.3, 0.4) is 0 Å². The molecule has 1 spiro atoms. The van der Waals surface area contributed by atoms with Crippen molar-refractivity contribution in [3.63, 3.8) is 0 Å². The van der Waals surface area contributed by atoms with E-state index < -0.39 is 15.8 Å². The third kappa shape index (κ3) is 2.91. The molecular weight excluding hydrogens is 319 g/mol. The number of benzene rings is 1. The number of sulfonamides is 1. The van der Waals surface area contributed by atoms with Gasteiger partial charge in [-0.25, -0.2) is 12.8 Å². The molecular formula is C16H23FN2O3S. The molecule has 1 atom stereocenters. The van der Waals surface area contributed by atoms with Crippen molar-refractivity contribution in [3.8, 4) is 0 Å². The van der Waals surface area contributed by atoms with Gasteiger partial charge >= 0.3 is 0 Å². The summed E-state index contributed by atoms with van der Waals surface area (Å²) >= 11 is 0. The Bertz CT molecular complexity index is 674. The highest BCUT2D eigenvalue weighted by Crippen LogP contribution is 2.41. The predicted molar refractivity (Wildman–Crippen MR) is 85.1 cm³/mol. The number of rotatable bonds is 5. The van der Waals surface area contributed by atoms with Gasteiger partial charge in [-0.1, -0.05) is 12.1 Å². The molecule has 0 bridgehead atoms. The van der Waals surface area contributed by atoms with Gasteiger partial charge in [0, 0.05) is 31.8 Å². The van der Waals surface area contributed by atoms with Gasteiger partial charge in [0.2, 0.25) is 10.0 Å². The Morgan fingerprint density at radius 2 is 2.04 bits per heavy atom. The lowest BCUT2D eigenvalue weighted by atomic mass is 9.87. The number of ether oxygens (including phenoxy) is 1. The molecule has 0 radical (unpaired) electrons. The van der Waals surface area contributed by atoms with Crippen LogP contribution in [0.4, 0.5) is 4.39 Å². The Labute approximate surface area is 137 Å². The molecule has 23 heavy (non-hydrogen) atoms. The molecule has 128 valence electrons. The van der Waals surface area contributed by atoms with Gasteiger partial charge in [-0.05, 0) is 38.4 Å². The summed E-state index contributed by atoms with van der Waals surface area (Å²) in [6.45, 7) is 5.13. The van der Waals surface area contributed by atoms with Crippen molar-refractivity contribution < 1.29 is 17.5 Å². The zero-order valence-electron chi connectivity index (χ0n) is 13.5. The highest BCUT2D eigenvalue weighted by atomic mass is 32.2. The second kappa shape index (κ2) is 6.12. The standard InChI is InChI=1S/C16H23FN2O3S/c1-3-22-10-13-8-16(18(2)9-13)11-19(12-16)23(20,21)15-7-5-4-6-14(15)17/h4-7,13H,3,8-12H2,1-2H3/t13-/m1/s1. The molecule has 2 aliphatic heterocycles. The summed E-state index contributed by atoms with van der Waals surface area (Å²) in [4.78, 5) is 1.99. The van der Waals surface area contributed by atoms with Crippen molar-refractivity contribution in [2.24, 2.45) is 5.92 Å². The normalized spacial score (nSPS) is 24.9. The lowest BCUT2D eigenvalue weighted by Crippen LogP contribution is -2.68. The maximum Gasteiger partial charge on any atom is 0.246 e. The summed E-state index contributed by atoms with van der Waals surface area (Å²) in [6, 6.07) is 5.55. The molecule has 0 aromatic heterocycles. The molecule has 0 amide bonds. The average Bonchev–Trinajstić information content (AvgIpc) is 2.80. The summed E-state index contributed by atoms with van der Waals surface area (Å²) in [7, 11) is -1.73. The molecule has 0 saturated carbocycles. The molecule has 2 fully saturated rings. The van der Waals surface area contributed by atoms with E-state index in [4.69, 9.17) is 4.74 Å². The first kappa shape index (κ1) is 16.8. The van der Waals surface area contributed by atoms with Crippen molar-refractivity contribution in [3.05, 3.63) is 30.1 Å². The van der Waals surface area contributed by atoms with Crippen LogP contribution in [0, 0.1) is 11.7 Å². The van der Waals surface area contributed by atoms with Crippen LogP contribution < -0.4 is 0 Å². The van der Waals surface area contributed by atoms with E-state index in [0.717, 1.165) is 13.0 Å². The Morgan fingerprint density at radius 1 is 1.35 bits per heavy atom. The first-order valence-electron chi connectivity index (χ1n) is 7.93. The van der Waals surface area contributed by atoms with Gasteiger partial charge < -0.3 is 4.74 Å². The average molecular weight is 342 g/mol. The van der Waals surface area contributed by atoms with Crippen LogP contribution in [0.2, 0.25) is 0 Å². The van der Waals surface area contributed by atoms with Crippen molar-refractivity contribution >= 4 is 10.0 Å². The fourth-order valence-electron chi connectivity index (χ4n) is 3.68. The minimum absolute atomic E-state index is 0.125. The SMILES string of the molecule is CCOC[C@H]1CN(C)C2(C1)CN(S(=O)(=O)c1ccccc1F)C2. The molecule has 2 saturated heterocycles. The summed E-state index contributed by atoms with van der Waals surface area (Å²) in [5, 5.41) is 0. The molecule has 0 N–H and O–H groups in total. The summed E-state index contributed by atoms with van der Waals surface area (Å²) in [5.41, 5.74) is -0.125. The van der Waals surface area contributed by atoms with Crippen LogP contribution in [-0.2, 0) is 14.8 Å². The van der Waals surface area contributed by atoms with E-state index in [-0.39, 0.29) is 10.4 Å². The third-order valence-corrected chi connectivity index (χ3v) is 6.79. The fraction of sp³-hybridized carbons (Fsp3) is 0.625. The highest BCUT2D eigenvalue weighted by molar-refractivity contribution is 7.89. The Hall–Kier alpha value is -1.02. The van der Waals surface area contributed by atoms with E-state index in [0.29, 0.717) is 32.2 Å². The van der Waals surface area contributed by atoms with E-state index in [2.05, 4.69) is 4.90 Å². The largest absolute Gasteiger partial charge is 0.381 e. The minimum Gasteiger partial charge on any atom is -0.381 e. The molecule has 7 heteroatoms. The molecule has 0 aliphatic carbocycles. The first-order valence-corrected chi connectivity index (χ1v) is 9.37. The molecule has 0 unspecified atom stereocenters. The highest BCUT2D eigenvalue weighted by Gasteiger charge is 2.55. The van der Waals surface area contributed by atoms with Gasteiger partial charge in [-0.15, -0.1) is 0 Å². The first-order chi connectivity index (χ1) is 10.9. The van der Waals surface area contributed by atoms with Gasteiger partial charge in [-0.2, -0.15) is 4.31 Å². The van der Waals surface area contributed by atoms with Crippen LogP contribution in [0.5, 0.6) is 0 Å². The number of likely N-dealkylation sites (tertiary alicyclic amines) is 1. The lowest BCUT2D eigenvalue weighted by Gasteiger charge is -2.50. The van der Waals surface area contributed by atoms with Crippen molar-refractivity contribution in [1.82, 2.24) is 9.21 Å². The summed E-state index contributed by atoms with van der Waals surface area (Å²) in [5.74, 6) is -0.263. The van der Waals surface area contributed by atoms with Crippen molar-refractivity contribution in [2.45, 2.75) is 23.8 Å². The third-order valence-electron chi connectivity index (χ3n) is 4.96. The van der Waals surface area contributed by atoms with Gasteiger partial charge in [-0.3, -0.25) is 4.90 Å². The maximum absolute atomic E-state index is 13.8. The Kier molecular flexibility index (Phi) is 4.48. The van der Waals surface area contributed by atoms with E-state index in [1.165, 1.54) is 22.5 Å². The Morgan fingerprint density at radius 3 is 2.70 bits per heavy atom. The van der Waals surface area contributed by atoms with Crippen LogP contribution >= 0.6 is 0 Å². The lowest BCUT2D eigenvalue weighted by molar-refractivity contribution is 0.0368. The van der Waals surface area contributed by atoms with Gasteiger partial charge in [0.1, 0.15) is 10.7 Å². The molecule has 5 nitrogen and oxygen atoms in total. The smallest absolute Gasteiger partial charge is 0.246 e. The van der Waals surface area contributed by atoms with E-state index >= 15 is 0 Å². The Balaban J connectivity index is 1.70. The zero-order valence-corrected chi connectivity index (χ0v) is 14.4. The van der Waals surface area contributed by atoms with Crippen LogP contribution in [0.25, 0.3) is 0 Å². The van der Waals surface area contributed by atoms with E-state index in [9.17, 15) is 12.8 Å². The second-order valence-electron chi connectivity index (χ2n) is 6.54. The van der Waals surface area contributed by atoms with Gasteiger partial charge in [0.05, 0.1) is 6.61 Å². The van der Waals surface area contributed by atoms with E-state index in [1.807, 2.05) is 14.0 Å². The monoisotopic (exact) mass is 342 g/mol. The van der Waals surface area contributed by atoms with Crippen LogP contribution in [-0.4, -0.2) is 63.1 Å². The molecule has 1 aromatic rings. The van der Waals surface area contributed by atoms with Crippen molar-refractivity contribution in [2.75, 3.05) is 39.9 Å². The van der Waals surface area contributed by atoms with E-state index in [1.54, 1.807) is 6.07 Å². The van der Waals surface area contributed by atoms with Crippen molar-refractivity contribution in [1.29, 1.82) is 0 Å². The summed E-state index contributed by atoms with van der Waals surface area (Å²) in [6.07, 6.45) is 0.923.